The molecule has 0 radical (unpaired) electrons. The van der Waals surface area contributed by atoms with E-state index in [9.17, 15) is 0 Å². The Morgan fingerprint density at radius 2 is 2.11 bits per heavy atom. The van der Waals surface area contributed by atoms with Crippen LogP contribution in [0.1, 0.15) is 56.5 Å². The second-order valence-electron chi connectivity index (χ2n) is 6.35. The van der Waals surface area contributed by atoms with Crippen LogP contribution in [0, 0.1) is 5.41 Å². The lowest BCUT2D eigenvalue weighted by molar-refractivity contribution is 0.283. The van der Waals surface area contributed by atoms with Crippen molar-refractivity contribution in [1.29, 1.82) is 0 Å². The van der Waals surface area contributed by atoms with Gasteiger partial charge >= 0.3 is 0 Å². The van der Waals surface area contributed by atoms with Gasteiger partial charge in [-0.15, -0.1) is 11.6 Å². The van der Waals surface area contributed by atoms with Crippen LogP contribution in [0.2, 0.25) is 0 Å². The zero-order valence-electron chi connectivity index (χ0n) is 11.6. The number of hydrogen-bond donors (Lipinski definition) is 0. The van der Waals surface area contributed by atoms with Crippen LogP contribution in [-0.2, 0) is 6.42 Å². The predicted octanol–water partition coefficient (Wildman–Crippen LogP) is 5.12. The van der Waals surface area contributed by atoms with E-state index in [0.29, 0.717) is 5.41 Å². The Bertz CT molecular complexity index is 406. The van der Waals surface area contributed by atoms with Gasteiger partial charge in [0.15, 0.2) is 0 Å². The number of fused-ring (bicyclic) bond motifs is 1. The normalized spacial score (nSPS) is 16.9. The second kappa shape index (κ2) is 5.52. The fraction of sp³-hybridized carbons (Fsp3) is 0.625. The molecule has 1 aliphatic rings. The van der Waals surface area contributed by atoms with Crippen molar-refractivity contribution in [2.75, 3.05) is 6.61 Å². The average Bonchev–Trinajstić information content (AvgIpc) is 2.34. The summed E-state index contributed by atoms with van der Waals surface area (Å²) in [6.07, 6.45) is 4.37. The Hall–Kier alpha value is -0.690. The summed E-state index contributed by atoms with van der Waals surface area (Å²) < 4.78 is 5.82. The Morgan fingerprint density at radius 1 is 1.33 bits per heavy atom. The van der Waals surface area contributed by atoms with E-state index in [2.05, 4.69) is 39.0 Å². The molecule has 1 nitrogen and oxygen atoms in total. The Morgan fingerprint density at radius 3 is 2.83 bits per heavy atom. The third kappa shape index (κ3) is 3.41. The van der Waals surface area contributed by atoms with E-state index in [1.807, 2.05) is 0 Å². The molecule has 0 N–H and O–H groups in total. The number of hydrogen-bond acceptors (Lipinski definition) is 1. The fourth-order valence-corrected chi connectivity index (χ4v) is 2.66. The van der Waals surface area contributed by atoms with Crippen molar-refractivity contribution in [2.45, 2.75) is 51.8 Å². The maximum atomic E-state index is 6.57. The van der Waals surface area contributed by atoms with Crippen molar-refractivity contribution in [2.24, 2.45) is 5.41 Å². The van der Waals surface area contributed by atoms with Crippen molar-refractivity contribution < 1.29 is 4.74 Å². The van der Waals surface area contributed by atoms with Crippen molar-refractivity contribution in [3.05, 3.63) is 29.3 Å². The first kappa shape index (κ1) is 13.7. The van der Waals surface area contributed by atoms with Gasteiger partial charge in [-0.3, -0.25) is 0 Å². The monoisotopic (exact) mass is 266 g/mol. The fourth-order valence-electron chi connectivity index (χ4n) is 2.38. The van der Waals surface area contributed by atoms with Gasteiger partial charge in [0, 0.05) is 5.56 Å². The highest BCUT2D eigenvalue weighted by atomic mass is 35.5. The SMILES string of the molecule is CC(C)(C)CCC(Cl)c1cccc2c1OCCC2. The standard InChI is InChI=1S/C16H23ClO/c1-16(2,3)10-9-14(17)13-8-4-6-12-7-5-11-18-15(12)13/h4,6,8,14H,5,7,9-11H2,1-3H3. The van der Waals surface area contributed by atoms with Crippen LogP contribution in [0.5, 0.6) is 5.75 Å². The molecule has 18 heavy (non-hydrogen) atoms. The summed E-state index contributed by atoms with van der Waals surface area (Å²) in [7, 11) is 0. The lowest BCUT2D eigenvalue weighted by atomic mass is 9.88. The van der Waals surface area contributed by atoms with Gasteiger partial charge in [0.1, 0.15) is 5.75 Å². The zero-order chi connectivity index (χ0) is 13.2. The van der Waals surface area contributed by atoms with Crippen molar-refractivity contribution in [1.82, 2.24) is 0 Å². The van der Waals surface area contributed by atoms with Crippen molar-refractivity contribution >= 4 is 11.6 Å². The molecule has 0 saturated heterocycles. The molecule has 0 aliphatic carbocycles. The predicted molar refractivity (Wildman–Crippen MR) is 77.5 cm³/mol. The summed E-state index contributed by atoms with van der Waals surface area (Å²) in [6, 6.07) is 6.38. The Labute approximate surface area is 115 Å². The van der Waals surface area contributed by atoms with Gasteiger partial charge in [0.25, 0.3) is 0 Å². The van der Waals surface area contributed by atoms with Gasteiger partial charge in [-0.2, -0.15) is 0 Å². The molecule has 1 aromatic rings. The van der Waals surface area contributed by atoms with Crippen LogP contribution in [0.3, 0.4) is 0 Å². The maximum Gasteiger partial charge on any atom is 0.127 e. The molecule has 2 heteroatoms. The molecule has 1 unspecified atom stereocenters. The maximum absolute atomic E-state index is 6.57. The van der Waals surface area contributed by atoms with Crippen LogP contribution in [0.15, 0.2) is 18.2 Å². The van der Waals surface area contributed by atoms with Crippen LogP contribution >= 0.6 is 11.6 Å². The number of aryl methyl sites for hydroxylation is 1. The van der Waals surface area contributed by atoms with E-state index in [1.165, 1.54) is 11.1 Å². The highest BCUT2D eigenvalue weighted by Gasteiger charge is 2.21. The van der Waals surface area contributed by atoms with Gasteiger partial charge < -0.3 is 4.74 Å². The molecular formula is C16H23ClO. The van der Waals surface area contributed by atoms with Crippen LogP contribution < -0.4 is 4.74 Å². The quantitative estimate of drug-likeness (QED) is 0.690. The number of rotatable bonds is 3. The molecule has 1 heterocycles. The summed E-state index contributed by atoms with van der Waals surface area (Å²) in [4.78, 5) is 0. The number of para-hydroxylation sites is 1. The van der Waals surface area contributed by atoms with Gasteiger partial charge in [-0.1, -0.05) is 39.0 Å². The van der Waals surface area contributed by atoms with Gasteiger partial charge in [-0.05, 0) is 36.7 Å². The first-order valence-electron chi connectivity index (χ1n) is 6.86. The lowest BCUT2D eigenvalue weighted by Crippen LogP contribution is -2.12. The topological polar surface area (TPSA) is 9.23 Å². The van der Waals surface area contributed by atoms with Crippen LogP contribution in [0.4, 0.5) is 0 Å². The summed E-state index contributed by atoms with van der Waals surface area (Å²) in [6.45, 7) is 7.60. The smallest absolute Gasteiger partial charge is 0.127 e. The van der Waals surface area contributed by atoms with Gasteiger partial charge in [0.2, 0.25) is 0 Å². The van der Waals surface area contributed by atoms with Crippen molar-refractivity contribution in [3.8, 4) is 5.75 Å². The number of halogens is 1. The van der Waals surface area contributed by atoms with E-state index in [0.717, 1.165) is 38.0 Å². The molecule has 1 aromatic carbocycles. The molecule has 1 atom stereocenters. The van der Waals surface area contributed by atoms with E-state index in [4.69, 9.17) is 16.3 Å². The molecule has 1 aliphatic heterocycles. The molecule has 0 amide bonds. The van der Waals surface area contributed by atoms with E-state index in [-0.39, 0.29) is 5.38 Å². The summed E-state index contributed by atoms with van der Waals surface area (Å²) in [5.74, 6) is 1.05. The first-order chi connectivity index (χ1) is 8.47. The molecule has 0 bridgehead atoms. The number of benzene rings is 1. The summed E-state index contributed by atoms with van der Waals surface area (Å²) in [5, 5.41) is 0.0669. The highest BCUT2D eigenvalue weighted by Crippen LogP contribution is 2.39. The number of ether oxygens (including phenoxy) is 1. The molecule has 0 fully saturated rings. The highest BCUT2D eigenvalue weighted by molar-refractivity contribution is 6.21. The first-order valence-corrected chi connectivity index (χ1v) is 7.30. The minimum Gasteiger partial charge on any atom is -0.493 e. The Balaban J connectivity index is 2.12. The molecular weight excluding hydrogens is 244 g/mol. The summed E-state index contributed by atoms with van der Waals surface area (Å²) >= 11 is 6.57. The number of alkyl halides is 1. The van der Waals surface area contributed by atoms with Crippen molar-refractivity contribution in [3.63, 3.8) is 0 Å². The Kier molecular flexibility index (Phi) is 4.21. The largest absolute Gasteiger partial charge is 0.493 e. The minimum absolute atomic E-state index is 0.0669. The molecule has 2 rings (SSSR count). The van der Waals surface area contributed by atoms with E-state index >= 15 is 0 Å². The van der Waals surface area contributed by atoms with Crippen LogP contribution in [-0.4, -0.2) is 6.61 Å². The summed E-state index contributed by atoms with van der Waals surface area (Å²) in [5.41, 5.74) is 2.83. The van der Waals surface area contributed by atoms with E-state index < -0.39 is 0 Å². The average molecular weight is 267 g/mol. The zero-order valence-corrected chi connectivity index (χ0v) is 12.4. The molecule has 0 spiro atoms. The molecule has 0 aromatic heterocycles. The molecule has 100 valence electrons. The second-order valence-corrected chi connectivity index (χ2v) is 6.88. The van der Waals surface area contributed by atoms with Gasteiger partial charge in [0.05, 0.1) is 12.0 Å². The van der Waals surface area contributed by atoms with Crippen LogP contribution in [0.25, 0.3) is 0 Å². The molecule has 0 saturated carbocycles. The third-order valence-electron chi connectivity index (χ3n) is 3.45. The van der Waals surface area contributed by atoms with Gasteiger partial charge in [-0.25, -0.2) is 0 Å². The third-order valence-corrected chi connectivity index (χ3v) is 3.90. The minimum atomic E-state index is 0.0669. The lowest BCUT2D eigenvalue weighted by Gasteiger charge is -2.24. The van der Waals surface area contributed by atoms with E-state index in [1.54, 1.807) is 0 Å².